The molecule has 1 saturated heterocycles. The first-order chi connectivity index (χ1) is 7.59. The van der Waals surface area contributed by atoms with Crippen LogP contribution in [0.5, 0.6) is 0 Å². The number of hydrogen-bond acceptors (Lipinski definition) is 3. The zero-order chi connectivity index (χ0) is 11.7. The smallest absolute Gasteiger partial charge is 0.243 e. The Kier molecular flexibility index (Phi) is 2.94. The monoisotopic (exact) mass is 220 g/mol. The van der Waals surface area contributed by atoms with Gasteiger partial charge in [-0.15, -0.1) is 0 Å². The fourth-order valence-corrected chi connectivity index (χ4v) is 1.94. The van der Waals surface area contributed by atoms with Gasteiger partial charge < -0.3 is 5.11 Å². The molecule has 0 radical (unpaired) electrons. The molecule has 1 fully saturated rings. The summed E-state index contributed by atoms with van der Waals surface area (Å²) < 4.78 is 0. The lowest BCUT2D eigenvalue weighted by Crippen LogP contribution is -2.37. The molecule has 4 heteroatoms. The van der Waals surface area contributed by atoms with Gasteiger partial charge in [-0.05, 0) is 19.9 Å². The SMILES string of the molecule is CC1CC(=O)N(c2ccccc2C(C)O)N1. The Morgan fingerprint density at radius 3 is 2.75 bits per heavy atom. The number of aliphatic hydroxyl groups is 1. The number of para-hydroxylation sites is 1. The highest BCUT2D eigenvalue weighted by molar-refractivity contribution is 5.95. The summed E-state index contributed by atoms with van der Waals surface area (Å²) in [6.07, 6.45) is -0.0876. The maximum atomic E-state index is 11.7. The van der Waals surface area contributed by atoms with Crippen molar-refractivity contribution in [2.75, 3.05) is 5.01 Å². The molecular formula is C12H16N2O2. The van der Waals surface area contributed by atoms with Gasteiger partial charge in [0.2, 0.25) is 5.91 Å². The molecule has 16 heavy (non-hydrogen) atoms. The Morgan fingerprint density at radius 1 is 1.50 bits per heavy atom. The van der Waals surface area contributed by atoms with Crippen LogP contribution in [0.2, 0.25) is 0 Å². The molecule has 0 saturated carbocycles. The number of benzene rings is 1. The minimum atomic E-state index is -0.582. The molecule has 0 aliphatic carbocycles. The van der Waals surface area contributed by atoms with Gasteiger partial charge in [-0.1, -0.05) is 18.2 Å². The molecule has 2 rings (SSSR count). The molecule has 1 aromatic carbocycles. The maximum absolute atomic E-state index is 11.7. The summed E-state index contributed by atoms with van der Waals surface area (Å²) in [7, 11) is 0. The molecule has 86 valence electrons. The van der Waals surface area contributed by atoms with Crippen molar-refractivity contribution in [2.45, 2.75) is 32.4 Å². The lowest BCUT2D eigenvalue weighted by molar-refractivity contribution is -0.117. The molecule has 1 aromatic rings. The third-order valence-electron chi connectivity index (χ3n) is 2.71. The van der Waals surface area contributed by atoms with Gasteiger partial charge >= 0.3 is 0 Å². The number of rotatable bonds is 2. The minimum absolute atomic E-state index is 0.0422. The fourth-order valence-electron chi connectivity index (χ4n) is 1.94. The Balaban J connectivity index is 2.36. The summed E-state index contributed by atoms with van der Waals surface area (Å²) in [5.41, 5.74) is 4.59. The van der Waals surface area contributed by atoms with Crippen LogP contribution in [0, 0.1) is 0 Å². The van der Waals surface area contributed by atoms with Crippen LogP contribution in [0.1, 0.15) is 31.9 Å². The van der Waals surface area contributed by atoms with Crippen molar-refractivity contribution in [3.63, 3.8) is 0 Å². The van der Waals surface area contributed by atoms with E-state index in [4.69, 9.17) is 0 Å². The average Bonchev–Trinajstić information content (AvgIpc) is 2.57. The van der Waals surface area contributed by atoms with Gasteiger partial charge in [-0.25, -0.2) is 10.4 Å². The molecule has 2 atom stereocenters. The van der Waals surface area contributed by atoms with Gasteiger partial charge in [-0.3, -0.25) is 4.79 Å². The summed E-state index contributed by atoms with van der Waals surface area (Å²) in [5.74, 6) is 0.0422. The summed E-state index contributed by atoms with van der Waals surface area (Å²) in [6.45, 7) is 3.66. The summed E-state index contributed by atoms with van der Waals surface area (Å²) >= 11 is 0. The summed E-state index contributed by atoms with van der Waals surface area (Å²) in [6, 6.07) is 7.53. The van der Waals surface area contributed by atoms with Crippen LogP contribution in [-0.4, -0.2) is 17.1 Å². The van der Waals surface area contributed by atoms with Gasteiger partial charge in [0.15, 0.2) is 0 Å². The Bertz CT molecular complexity index is 404. The first-order valence-corrected chi connectivity index (χ1v) is 5.45. The molecule has 2 unspecified atom stereocenters. The van der Waals surface area contributed by atoms with Crippen molar-refractivity contribution >= 4 is 11.6 Å². The number of hydrazine groups is 1. The molecule has 1 amide bonds. The second kappa shape index (κ2) is 4.23. The topological polar surface area (TPSA) is 52.6 Å². The van der Waals surface area contributed by atoms with Gasteiger partial charge in [-0.2, -0.15) is 0 Å². The standard InChI is InChI=1S/C12H16N2O2/c1-8-7-12(16)14(13-8)11-6-4-3-5-10(11)9(2)15/h3-6,8-9,13,15H,7H2,1-2H3. The Hall–Kier alpha value is -1.39. The number of anilines is 1. The van der Waals surface area contributed by atoms with Crippen LogP contribution in [0.15, 0.2) is 24.3 Å². The number of nitrogens with zero attached hydrogens (tertiary/aromatic N) is 1. The molecule has 0 aromatic heterocycles. The van der Waals surface area contributed by atoms with Crippen LogP contribution in [0.25, 0.3) is 0 Å². The molecule has 4 nitrogen and oxygen atoms in total. The maximum Gasteiger partial charge on any atom is 0.243 e. The van der Waals surface area contributed by atoms with E-state index in [2.05, 4.69) is 5.43 Å². The molecular weight excluding hydrogens is 204 g/mol. The summed E-state index contributed by atoms with van der Waals surface area (Å²) in [4.78, 5) is 11.7. The van der Waals surface area contributed by atoms with Crippen molar-refractivity contribution < 1.29 is 9.90 Å². The molecule has 0 spiro atoms. The first kappa shape index (κ1) is 11.1. The number of amides is 1. The third kappa shape index (κ3) is 1.94. The van der Waals surface area contributed by atoms with E-state index in [0.29, 0.717) is 6.42 Å². The molecule has 0 bridgehead atoms. The van der Waals surface area contributed by atoms with Gasteiger partial charge in [0, 0.05) is 18.0 Å². The Labute approximate surface area is 94.9 Å². The van der Waals surface area contributed by atoms with E-state index < -0.39 is 6.10 Å². The van der Waals surface area contributed by atoms with E-state index in [1.165, 1.54) is 5.01 Å². The number of hydrogen-bond donors (Lipinski definition) is 2. The first-order valence-electron chi connectivity index (χ1n) is 5.45. The van der Waals surface area contributed by atoms with E-state index in [0.717, 1.165) is 11.3 Å². The largest absolute Gasteiger partial charge is 0.389 e. The zero-order valence-corrected chi connectivity index (χ0v) is 9.47. The number of aliphatic hydroxyl groups excluding tert-OH is 1. The predicted molar refractivity (Wildman–Crippen MR) is 61.8 cm³/mol. The highest BCUT2D eigenvalue weighted by Crippen LogP contribution is 2.27. The van der Waals surface area contributed by atoms with Crippen LogP contribution in [-0.2, 0) is 4.79 Å². The van der Waals surface area contributed by atoms with Gasteiger partial charge in [0.25, 0.3) is 0 Å². The second-order valence-electron chi connectivity index (χ2n) is 4.20. The predicted octanol–water partition coefficient (Wildman–Crippen LogP) is 1.37. The highest BCUT2D eigenvalue weighted by atomic mass is 16.3. The van der Waals surface area contributed by atoms with E-state index in [1.807, 2.05) is 31.2 Å². The summed E-state index contributed by atoms with van der Waals surface area (Å²) in [5, 5.41) is 11.2. The molecule has 1 aliphatic heterocycles. The van der Waals surface area contributed by atoms with Crippen molar-refractivity contribution in [3.05, 3.63) is 29.8 Å². The fraction of sp³-hybridized carbons (Fsp3) is 0.417. The number of carbonyl (C=O) groups is 1. The average molecular weight is 220 g/mol. The lowest BCUT2D eigenvalue weighted by atomic mass is 10.1. The zero-order valence-electron chi connectivity index (χ0n) is 9.47. The van der Waals surface area contributed by atoms with E-state index >= 15 is 0 Å². The van der Waals surface area contributed by atoms with Crippen molar-refractivity contribution in [1.82, 2.24) is 5.43 Å². The lowest BCUT2D eigenvalue weighted by Gasteiger charge is -2.21. The van der Waals surface area contributed by atoms with E-state index in [1.54, 1.807) is 6.92 Å². The number of carbonyl (C=O) groups excluding carboxylic acids is 1. The van der Waals surface area contributed by atoms with Gasteiger partial charge in [0.05, 0.1) is 11.8 Å². The van der Waals surface area contributed by atoms with Crippen molar-refractivity contribution in [2.24, 2.45) is 0 Å². The van der Waals surface area contributed by atoms with Gasteiger partial charge in [0.1, 0.15) is 0 Å². The van der Waals surface area contributed by atoms with Crippen molar-refractivity contribution in [3.8, 4) is 0 Å². The number of nitrogens with one attached hydrogen (secondary N) is 1. The Morgan fingerprint density at radius 2 is 2.19 bits per heavy atom. The second-order valence-corrected chi connectivity index (χ2v) is 4.20. The molecule has 1 heterocycles. The van der Waals surface area contributed by atoms with Crippen LogP contribution < -0.4 is 10.4 Å². The van der Waals surface area contributed by atoms with E-state index in [-0.39, 0.29) is 11.9 Å². The normalized spacial score (nSPS) is 22.6. The van der Waals surface area contributed by atoms with E-state index in [9.17, 15) is 9.90 Å². The third-order valence-corrected chi connectivity index (χ3v) is 2.71. The van der Waals surface area contributed by atoms with Crippen molar-refractivity contribution in [1.29, 1.82) is 0 Å². The minimum Gasteiger partial charge on any atom is -0.389 e. The molecule has 2 N–H and O–H groups in total. The molecule has 1 aliphatic rings. The quantitative estimate of drug-likeness (QED) is 0.791. The van der Waals surface area contributed by atoms with Crippen LogP contribution in [0.4, 0.5) is 5.69 Å². The van der Waals surface area contributed by atoms with Crippen LogP contribution in [0.3, 0.4) is 0 Å². The van der Waals surface area contributed by atoms with Crippen LogP contribution >= 0.6 is 0 Å². The highest BCUT2D eigenvalue weighted by Gasteiger charge is 2.29.